The Labute approximate surface area is 214 Å². The summed E-state index contributed by atoms with van der Waals surface area (Å²) in [7, 11) is 0. The van der Waals surface area contributed by atoms with Gasteiger partial charge in [-0.3, -0.25) is 9.59 Å². The fourth-order valence-corrected chi connectivity index (χ4v) is 4.08. The van der Waals surface area contributed by atoms with E-state index in [4.69, 9.17) is 11.6 Å². The Morgan fingerprint density at radius 3 is 2.14 bits per heavy atom. The lowest BCUT2D eigenvalue weighted by atomic mass is 10.00. The molecule has 0 unspecified atom stereocenters. The Balaban J connectivity index is 1.95. The number of amides is 2. The van der Waals surface area contributed by atoms with Gasteiger partial charge in [0.05, 0.1) is 6.42 Å². The summed E-state index contributed by atoms with van der Waals surface area (Å²) in [6, 6.07) is 22.8. The van der Waals surface area contributed by atoms with Crippen LogP contribution in [0.1, 0.15) is 41.7 Å². The minimum atomic E-state index is -0.633. The van der Waals surface area contributed by atoms with Gasteiger partial charge in [-0.1, -0.05) is 86.1 Å². The summed E-state index contributed by atoms with van der Waals surface area (Å²) in [5.41, 5.74) is 5.22. The van der Waals surface area contributed by atoms with E-state index in [0.717, 1.165) is 22.3 Å². The maximum Gasteiger partial charge on any atom is 0.243 e. The number of hydrogen-bond donors (Lipinski definition) is 1. The Hall–Kier alpha value is -3.11. The zero-order valence-corrected chi connectivity index (χ0v) is 21.8. The molecule has 0 aliphatic heterocycles. The summed E-state index contributed by atoms with van der Waals surface area (Å²) >= 11 is 6.09. The van der Waals surface area contributed by atoms with Crippen molar-refractivity contribution >= 4 is 23.4 Å². The maximum atomic E-state index is 13.8. The van der Waals surface area contributed by atoms with Crippen molar-refractivity contribution in [1.82, 2.24) is 10.2 Å². The quantitative estimate of drug-likeness (QED) is 0.384. The molecule has 1 N–H and O–H groups in total. The molecular formula is C30H35ClN2O2. The Kier molecular flexibility index (Phi) is 9.50. The molecule has 0 heterocycles. The normalized spacial score (nSPS) is 11.8. The van der Waals surface area contributed by atoms with Crippen molar-refractivity contribution < 1.29 is 9.59 Å². The van der Waals surface area contributed by atoms with Crippen LogP contribution < -0.4 is 5.32 Å². The zero-order valence-electron chi connectivity index (χ0n) is 21.1. The monoisotopic (exact) mass is 490 g/mol. The summed E-state index contributed by atoms with van der Waals surface area (Å²) < 4.78 is 0. The lowest BCUT2D eigenvalue weighted by Gasteiger charge is -2.32. The highest BCUT2D eigenvalue weighted by atomic mass is 35.5. The number of nitrogens with one attached hydrogen (secondary N) is 1. The van der Waals surface area contributed by atoms with Crippen molar-refractivity contribution in [3.05, 3.63) is 106 Å². The number of carbonyl (C=O) groups excluding carboxylic acids is 2. The van der Waals surface area contributed by atoms with Crippen molar-refractivity contribution in [2.45, 2.75) is 53.1 Å². The van der Waals surface area contributed by atoms with Gasteiger partial charge in [0, 0.05) is 24.5 Å². The van der Waals surface area contributed by atoms with E-state index in [0.29, 0.717) is 30.5 Å². The number of nitrogens with zero attached hydrogens (tertiary/aromatic N) is 1. The van der Waals surface area contributed by atoms with Crippen LogP contribution in [0, 0.1) is 19.8 Å². The zero-order chi connectivity index (χ0) is 25.4. The van der Waals surface area contributed by atoms with Crippen LogP contribution in [0.2, 0.25) is 5.02 Å². The van der Waals surface area contributed by atoms with Crippen LogP contribution in [0.4, 0.5) is 0 Å². The SMILES string of the molecule is Cc1ccc(CC(=O)N(Cc2ccc(Cl)cc2)[C@@H](Cc2ccccc2)C(=O)NCC(C)C)cc1C. The van der Waals surface area contributed by atoms with E-state index in [1.807, 2.05) is 73.7 Å². The molecule has 3 aromatic rings. The highest BCUT2D eigenvalue weighted by Crippen LogP contribution is 2.19. The third kappa shape index (κ3) is 7.97. The number of hydrogen-bond acceptors (Lipinski definition) is 2. The second-order valence-corrected chi connectivity index (χ2v) is 10.0. The number of benzene rings is 3. The predicted molar refractivity (Wildman–Crippen MR) is 143 cm³/mol. The number of rotatable bonds is 10. The molecule has 0 fully saturated rings. The van der Waals surface area contributed by atoms with Crippen molar-refractivity contribution in [2.75, 3.05) is 6.54 Å². The van der Waals surface area contributed by atoms with Crippen LogP contribution in [0.15, 0.2) is 72.8 Å². The topological polar surface area (TPSA) is 49.4 Å². The van der Waals surface area contributed by atoms with Crippen molar-refractivity contribution in [1.29, 1.82) is 0 Å². The van der Waals surface area contributed by atoms with Gasteiger partial charge in [-0.15, -0.1) is 0 Å². The van der Waals surface area contributed by atoms with Gasteiger partial charge in [-0.25, -0.2) is 0 Å². The van der Waals surface area contributed by atoms with E-state index >= 15 is 0 Å². The highest BCUT2D eigenvalue weighted by Gasteiger charge is 2.30. The first-order valence-corrected chi connectivity index (χ1v) is 12.5. The summed E-state index contributed by atoms with van der Waals surface area (Å²) in [6.07, 6.45) is 0.675. The first-order valence-electron chi connectivity index (χ1n) is 12.1. The molecule has 2 amide bonds. The first-order chi connectivity index (χ1) is 16.7. The lowest BCUT2D eigenvalue weighted by Crippen LogP contribution is -2.51. The molecule has 0 aliphatic rings. The molecule has 0 bridgehead atoms. The summed E-state index contributed by atoms with van der Waals surface area (Å²) in [5, 5.41) is 3.70. The standard InChI is InChI=1S/C30H35ClN2O2/c1-21(2)19-32-30(35)28(17-24-8-6-5-7-9-24)33(20-25-12-14-27(31)15-13-25)29(34)18-26-11-10-22(3)23(4)16-26/h5-16,21,28H,17-20H2,1-4H3,(H,32,35)/t28-/m0/s1. The van der Waals surface area contributed by atoms with Gasteiger partial charge in [-0.2, -0.15) is 0 Å². The lowest BCUT2D eigenvalue weighted by molar-refractivity contribution is -0.140. The van der Waals surface area contributed by atoms with Crippen LogP contribution in [-0.2, 0) is 29.0 Å². The van der Waals surface area contributed by atoms with E-state index < -0.39 is 6.04 Å². The Bertz CT molecular complexity index is 1130. The van der Waals surface area contributed by atoms with Crippen LogP contribution in [0.25, 0.3) is 0 Å². The molecule has 4 nitrogen and oxygen atoms in total. The van der Waals surface area contributed by atoms with E-state index in [1.54, 1.807) is 4.90 Å². The molecule has 0 spiro atoms. The van der Waals surface area contributed by atoms with Crippen LogP contribution in [0.5, 0.6) is 0 Å². The van der Waals surface area contributed by atoms with E-state index in [-0.39, 0.29) is 18.2 Å². The average Bonchev–Trinajstić information content (AvgIpc) is 2.84. The minimum absolute atomic E-state index is 0.0798. The maximum absolute atomic E-state index is 13.8. The largest absolute Gasteiger partial charge is 0.354 e. The number of carbonyl (C=O) groups is 2. The minimum Gasteiger partial charge on any atom is -0.354 e. The van der Waals surface area contributed by atoms with Gasteiger partial charge >= 0.3 is 0 Å². The van der Waals surface area contributed by atoms with Crippen LogP contribution in [0.3, 0.4) is 0 Å². The molecule has 0 saturated heterocycles. The Morgan fingerprint density at radius 1 is 0.857 bits per heavy atom. The number of halogens is 1. The average molecular weight is 491 g/mol. The Morgan fingerprint density at radius 2 is 1.51 bits per heavy atom. The van der Waals surface area contributed by atoms with Crippen molar-refractivity contribution in [3.63, 3.8) is 0 Å². The molecule has 3 rings (SSSR count). The van der Waals surface area contributed by atoms with E-state index in [2.05, 4.69) is 32.2 Å². The van der Waals surface area contributed by atoms with Crippen LogP contribution >= 0.6 is 11.6 Å². The second-order valence-electron chi connectivity index (χ2n) is 9.59. The summed E-state index contributed by atoms with van der Waals surface area (Å²) in [6.45, 7) is 9.11. The fraction of sp³-hybridized carbons (Fsp3) is 0.333. The van der Waals surface area contributed by atoms with Crippen LogP contribution in [-0.4, -0.2) is 29.3 Å². The third-order valence-corrected chi connectivity index (χ3v) is 6.40. The molecule has 184 valence electrons. The molecule has 0 radical (unpaired) electrons. The van der Waals surface area contributed by atoms with Crippen molar-refractivity contribution in [3.8, 4) is 0 Å². The molecule has 5 heteroatoms. The summed E-state index contributed by atoms with van der Waals surface area (Å²) in [5.74, 6) is 0.0982. The number of aryl methyl sites for hydroxylation is 2. The molecule has 0 saturated carbocycles. The predicted octanol–water partition coefficient (Wildman–Crippen LogP) is 5.91. The van der Waals surface area contributed by atoms with Gasteiger partial charge < -0.3 is 10.2 Å². The highest BCUT2D eigenvalue weighted by molar-refractivity contribution is 6.30. The fourth-order valence-electron chi connectivity index (χ4n) is 3.95. The first kappa shape index (κ1) is 26.5. The molecule has 3 aromatic carbocycles. The molecule has 0 aromatic heterocycles. The third-order valence-electron chi connectivity index (χ3n) is 6.15. The van der Waals surface area contributed by atoms with Gasteiger partial charge in [0.15, 0.2) is 0 Å². The van der Waals surface area contributed by atoms with Gasteiger partial charge in [-0.05, 0) is 59.7 Å². The smallest absolute Gasteiger partial charge is 0.243 e. The van der Waals surface area contributed by atoms with Gasteiger partial charge in [0.2, 0.25) is 11.8 Å². The molecule has 35 heavy (non-hydrogen) atoms. The van der Waals surface area contributed by atoms with Gasteiger partial charge in [0.25, 0.3) is 0 Å². The van der Waals surface area contributed by atoms with E-state index in [9.17, 15) is 9.59 Å². The molecule has 0 aliphatic carbocycles. The summed E-state index contributed by atoms with van der Waals surface area (Å²) in [4.78, 5) is 29.0. The van der Waals surface area contributed by atoms with E-state index in [1.165, 1.54) is 5.56 Å². The van der Waals surface area contributed by atoms with Gasteiger partial charge in [0.1, 0.15) is 6.04 Å². The molecule has 1 atom stereocenters. The molecular weight excluding hydrogens is 456 g/mol. The van der Waals surface area contributed by atoms with Crippen molar-refractivity contribution in [2.24, 2.45) is 5.92 Å². The second kappa shape index (κ2) is 12.6.